The van der Waals surface area contributed by atoms with Gasteiger partial charge < -0.3 is 4.40 Å². The monoisotopic (exact) mass is 263 g/mol. The molecule has 0 N–H and O–H groups in total. The Labute approximate surface area is 115 Å². The van der Waals surface area contributed by atoms with E-state index in [1.54, 1.807) is 0 Å². The van der Waals surface area contributed by atoms with E-state index in [-0.39, 0.29) is 0 Å². The van der Waals surface area contributed by atoms with Crippen molar-refractivity contribution in [3.8, 4) is 0 Å². The van der Waals surface area contributed by atoms with Crippen LogP contribution in [0.15, 0.2) is 48.8 Å². The highest BCUT2D eigenvalue weighted by Crippen LogP contribution is 2.13. The Morgan fingerprint density at radius 3 is 3.00 bits per heavy atom. The van der Waals surface area contributed by atoms with Crippen molar-refractivity contribution >= 4 is 16.7 Å². The van der Waals surface area contributed by atoms with Gasteiger partial charge in [-0.2, -0.15) is 0 Å². The molecule has 0 atom stereocenters. The third-order valence-electron chi connectivity index (χ3n) is 3.40. The topological polar surface area (TPSA) is 48.0 Å². The predicted molar refractivity (Wildman–Crippen MR) is 76.6 cm³/mol. The third kappa shape index (κ3) is 1.75. The molecule has 0 amide bonds. The van der Waals surface area contributed by atoms with Gasteiger partial charge in [-0.3, -0.25) is 0 Å². The number of pyridine rings is 1. The first-order valence-corrected chi connectivity index (χ1v) is 6.52. The van der Waals surface area contributed by atoms with Crippen LogP contribution in [0.3, 0.4) is 0 Å². The zero-order valence-electron chi connectivity index (χ0n) is 11.1. The molecule has 0 fully saturated rings. The van der Waals surface area contributed by atoms with Crippen LogP contribution in [0.25, 0.3) is 16.7 Å². The molecule has 20 heavy (non-hydrogen) atoms. The molecular weight excluding hydrogens is 250 g/mol. The fourth-order valence-corrected chi connectivity index (χ4v) is 2.40. The van der Waals surface area contributed by atoms with E-state index in [1.165, 1.54) is 5.56 Å². The van der Waals surface area contributed by atoms with Crippen molar-refractivity contribution in [2.24, 2.45) is 0 Å². The van der Waals surface area contributed by atoms with E-state index < -0.39 is 0 Å². The molecule has 0 aliphatic heterocycles. The van der Waals surface area contributed by atoms with E-state index in [9.17, 15) is 0 Å². The fraction of sp³-hybridized carbons (Fsp3) is 0.133. The number of hydrogen-bond acceptors (Lipinski definition) is 3. The Hall–Kier alpha value is -2.69. The summed E-state index contributed by atoms with van der Waals surface area (Å²) in [5.74, 6) is 0. The molecule has 3 heterocycles. The number of hydrogen-bond donors (Lipinski definition) is 0. The Morgan fingerprint density at radius 1 is 1.15 bits per heavy atom. The zero-order valence-corrected chi connectivity index (χ0v) is 11.1. The van der Waals surface area contributed by atoms with Crippen LogP contribution in [-0.2, 0) is 6.54 Å². The molecule has 0 saturated carbocycles. The molecule has 1 aromatic carbocycles. The summed E-state index contributed by atoms with van der Waals surface area (Å²) in [5, 5.41) is 8.36. The highest BCUT2D eigenvalue weighted by molar-refractivity contribution is 5.73. The number of fused-ring (bicyclic) bond motifs is 2. The van der Waals surface area contributed by atoms with Crippen molar-refractivity contribution in [3.05, 3.63) is 60.0 Å². The van der Waals surface area contributed by atoms with Crippen LogP contribution in [0, 0.1) is 6.92 Å². The summed E-state index contributed by atoms with van der Waals surface area (Å²) in [6, 6.07) is 12.1. The summed E-state index contributed by atoms with van der Waals surface area (Å²) < 4.78 is 3.91. The minimum Gasteiger partial charge on any atom is -0.307 e. The lowest BCUT2D eigenvalue weighted by Crippen LogP contribution is -2.01. The average molecular weight is 263 g/mol. The molecule has 0 aliphatic rings. The number of benzene rings is 1. The van der Waals surface area contributed by atoms with Gasteiger partial charge in [0.15, 0.2) is 0 Å². The minimum absolute atomic E-state index is 0.626. The van der Waals surface area contributed by atoms with E-state index >= 15 is 0 Å². The second-order valence-corrected chi connectivity index (χ2v) is 4.94. The quantitative estimate of drug-likeness (QED) is 0.558. The normalized spacial score (nSPS) is 11.4. The highest BCUT2D eigenvalue weighted by atomic mass is 15.4. The molecule has 5 heteroatoms. The van der Waals surface area contributed by atoms with Crippen LogP contribution in [0.2, 0.25) is 0 Å². The van der Waals surface area contributed by atoms with Crippen molar-refractivity contribution in [1.82, 2.24) is 24.4 Å². The standard InChI is InChI=1S/C15H13N5/c1-11-6-7-19-9-12(16-15(19)8-11)10-20-14-5-3-2-4-13(14)17-18-20/h2-9H,10H2,1H3. The van der Waals surface area contributed by atoms with E-state index in [1.807, 2.05) is 45.7 Å². The van der Waals surface area contributed by atoms with Gasteiger partial charge in [-0.05, 0) is 36.8 Å². The van der Waals surface area contributed by atoms with Gasteiger partial charge in [0.25, 0.3) is 0 Å². The average Bonchev–Trinajstić information content (AvgIpc) is 3.03. The molecule has 4 rings (SSSR count). The molecule has 0 spiro atoms. The lowest BCUT2D eigenvalue weighted by Gasteiger charge is -1.97. The molecule has 0 unspecified atom stereocenters. The highest BCUT2D eigenvalue weighted by Gasteiger charge is 2.07. The summed E-state index contributed by atoms with van der Waals surface area (Å²) in [7, 11) is 0. The molecule has 5 nitrogen and oxygen atoms in total. The van der Waals surface area contributed by atoms with Crippen LogP contribution in [0.5, 0.6) is 0 Å². The van der Waals surface area contributed by atoms with Gasteiger partial charge in [-0.25, -0.2) is 9.67 Å². The number of para-hydroxylation sites is 1. The summed E-state index contributed by atoms with van der Waals surface area (Å²) >= 11 is 0. The van der Waals surface area contributed by atoms with E-state index in [2.05, 4.69) is 34.4 Å². The first-order chi connectivity index (χ1) is 9.79. The van der Waals surface area contributed by atoms with Gasteiger partial charge in [0, 0.05) is 12.4 Å². The zero-order chi connectivity index (χ0) is 13.5. The number of rotatable bonds is 2. The lowest BCUT2D eigenvalue weighted by molar-refractivity contribution is 0.660. The van der Waals surface area contributed by atoms with Gasteiger partial charge in [0.1, 0.15) is 11.2 Å². The molecule has 98 valence electrons. The van der Waals surface area contributed by atoms with Crippen molar-refractivity contribution in [3.63, 3.8) is 0 Å². The van der Waals surface area contributed by atoms with E-state index in [4.69, 9.17) is 0 Å². The van der Waals surface area contributed by atoms with E-state index in [0.717, 1.165) is 22.4 Å². The third-order valence-corrected chi connectivity index (χ3v) is 3.40. The SMILES string of the molecule is Cc1ccn2cc(Cn3nnc4ccccc43)nc2c1. The number of aromatic nitrogens is 5. The van der Waals surface area contributed by atoms with Crippen molar-refractivity contribution < 1.29 is 0 Å². The predicted octanol–water partition coefficient (Wildman–Crippen LogP) is 2.44. The fourth-order valence-electron chi connectivity index (χ4n) is 2.40. The Kier molecular flexibility index (Phi) is 2.32. The minimum atomic E-state index is 0.626. The Morgan fingerprint density at radius 2 is 2.05 bits per heavy atom. The molecule has 4 aromatic rings. The van der Waals surface area contributed by atoms with Crippen LogP contribution >= 0.6 is 0 Å². The summed E-state index contributed by atoms with van der Waals surface area (Å²) in [5.41, 5.74) is 5.09. The summed E-state index contributed by atoms with van der Waals surface area (Å²) in [6.45, 7) is 2.69. The first kappa shape index (κ1) is 11.2. The maximum Gasteiger partial charge on any atom is 0.137 e. The second-order valence-electron chi connectivity index (χ2n) is 4.94. The maximum atomic E-state index is 4.63. The number of aryl methyl sites for hydroxylation is 1. The van der Waals surface area contributed by atoms with Gasteiger partial charge in [0.05, 0.1) is 17.8 Å². The first-order valence-electron chi connectivity index (χ1n) is 6.52. The van der Waals surface area contributed by atoms with Gasteiger partial charge in [-0.1, -0.05) is 17.3 Å². The molecule has 0 bridgehead atoms. The maximum absolute atomic E-state index is 4.63. The Balaban J connectivity index is 1.76. The molecule has 0 radical (unpaired) electrons. The molecular formula is C15H13N5. The van der Waals surface area contributed by atoms with Crippen molar-refractivity contribution in [2.45, 2.75) is 13.5 Å². The van der Waals surface area contributed by atoms with Gasteiger partial charge >= 0.3 is 0 Å². The largest absolute Gasteiger partial charge is 0.307 e. The summed E-state index contributed by atoms with van der Waals surface area (Å²) in [6.07, 6.45) is 4.06. The summed E-state index contributed by atoms with van der Waals surface area (Å²) in [4.78, 5) is 4.63. The van der Waals surface area contributed by atoms with Crippen LogP contribution < -0.4 is 0 Å². The van der Waals surface area contributed by atoms with Crippen LogP contribution in [-0.4, -0.2) is 24.4 Å². The Bertz CT molecular complexity index is 903. The molecule has 0 saturated heterocycles. The molecule has 0 aliphatic carbocycles. The van der Waals surface area contributed by atoms with Crippen LogP contribution in [0.1, 0.15) is 11.3 Å². The van der Waals surface area contributed by atoms with Crippen molar-refractivity contribution in [1.29, 1.82) is 0 Å². The van der Waals surface area contributed by atoms with Crippen molar-refractivity contribution in [2.75, 3.05) is 0 Å². The number of nitrogens with zero attached hydrogens (tertiary/aromatic N) is 5. The smallest absolute Gasteiger partial charge is 0.137 e. The van der Waals surface area contributed by atoms with Gasteiger partial charge in [0.2, 0.25) is 0 Å². The lowest BCUT2D eigenvalue weighted by atomic mass is 10.3. The van der Waals surface area contributed by atoms with E-state index in [0.29, 0.717) is 6.54 Å². The second kappa shape index (κ2) is 4.16. The number of imidazole rings is 1. The van der Waals surface area contributed by atoms with Crippen LogP contribution in [0.4, 0.5) is 0 Å². The van der Waals surface area contributed by atoms with Gasteiger partial charge in [-0.15, -0.1) is 5.10 Å². The molecule has 3 aromatic heterocycles.